The largest absolute Gasteiger partial charge is 0.437 e. The van der Waals surface area contributed by atoms with Crippen LogP contribution in [0.4, 0.5) is 13.2 Å². The molecule has 0 spiro atoms. The SMILES string of the molecule is CN(Cc1ccccc1)C1CCN(C(=O)C(COCc2ccccc2)NC(=O)c2cccnc2Oc2ccc(C(F)(F)F)cc2Cl)C1. The van der Waals surface area contributed by atoms with Gasteiger partial charge in [0.25, 0.3) is 5.91 Å². The average Bonchev–Trinajstić information content (AvgIpc) is 3.56. The number of likely N-dealkylation sites (N-methyl/N-ethyl adjacent to an activating group) is 1. The lowest BCUT2D eigenvalue weighted by molar-refractivity contribution is -0.137. The van der Waals surface area contributed by atoms with Crippen molar-refractivity contribution in [3.05, 3.63) is 124 Å². The van der Waals surface area contributed by atoms with Crippen molar-refractivity contribution < 1.29 is 32.2 Å². The Bertz CT molecular complexity index is 1660. The van der Waals surface area contributed by atoms with Crippen LogP contribution in [0.15, 0.2) is 97.2 Å². The lowest BCUT2D eigenvalue weighted by atomic mass is 10.1. The summed E-state index contributed by atoms with van der Waals surface area (Å²) < 4.78 is 51.0. The molecule has 8 nitrogen and oxygen atoms in total. The van der Waals surface area contributed by atoms with Gasteiger partial charge in [0.05, 0.1) is 23.8 Å². The van der Waals surface area contributed by atoms with Crippen LogP contribution >= 0.6 is 11.6 Å². The maximum absolute atomic E-state index is 13.9. The third kappa shape index (κ3) is 9.09. The second-order valence-corrected chi connectivity index (χ2v) is 11.7. The van der Waals surface area contributed by atoms with Crippen LogP contribution in [0.5, 0.6) is 11.6 Å². The molecule has 0 radical (unpaired) electrons. The van der Waals surface area contributed by atoms with Gasteiger partial charge in [-0.25, -0.2) is 4.98 Å². The summed E-state index contributed by atoms with van der Waals surface area (Å²) in [7, 11) is 2.03. The third-order valence-corrected chi connectivity index (χ3v) is 8.15. The molecule has 1 aliphatic rings. The Morgan fingerprint density at radius 1 is 1.02 bits per heavy atom. The normalized spacial score (nSPS) is 15.4. The molecule has 246 valence electrons. The fourth-order valence-corrected chi connectivity index (χ4v) is 5.53. The number of ether oxygens (including phenoxy) is 2. The Kier molecular flexibility index (Phi) is 11.1. The fourth-order valence-electron chi connectivity index (χ4n) is 5.31. The molecule has 3 aromatic carbocycles. The van der Waals surface area contributed by atoms with Crippen LogP contribution in [0.2, 0.25) is 5.02 Å². The Hall–Kier alpha value is -4.45. The highest BCUT2D eigenvalue weighted by molar-refractivity contribution is 6.32. The van der Waals surface area contributed by atoms with Gasteiger partial charge < -0.3 is 19.7 Å². The number of hydrogen-bond acceptors (Lipinski definition) is 6. The monoisotopic (exact) mass is 666 g/mol. The minimum atomic E-state index is -4.59. The molecule has 2 atom stereocenters. The van der Waals surface area contributed by atoms with E-state index in [9.17, 15) is 22.8 Å². The van der Waals surface area contributed by atoms with Crippen molar-refractivity contribution >= 4 is 23.4 Å². The van der Waals surface area contributed by atoms with Gasteiger partial charge in [0.15, 0.2) is 0 Å². The molecule has 2 heterocycles. The van der Waals surface area contributed by atoms with Crippen LogP contribution in [-0.2, 0) is 28.9 Å². The van der Waals surface area contributed by atoms with Crippen LogP contribution < -0.4 is 10.1 Å². The first kappa shape index (κ1) is 33.9. The molecule has 1 saturated heterocycles. The van der Waals surface area contributed by atoms with E-state index in [1.165, 1.54) is 23.9 Å². The van der Waals surface area contributed by atoms with Crippen LogP contribution in [0.25, 0.3) is 0 Å². The highest BCUT2D eigenvalue weighted by Gasteiger charge is 2.34. The second kappa shape index (κ2) is 15.4. The molecule has 2 amide bonds. The van der Waals surface area contributed by atoms with Crippen LogP contribution in [0, 0.1) is 0 Å². The molecule has 47 heavy (non-hydrogen) atoms. The summed E-state index contributed by atoms with van der Waals surface area (Å²) in [5.74, 6) is -1.27. The number of nitrogens with one attached hydrogen (secondary N) is 1. The zero-order valence-corrected chi connectivity index (χ0v) is 26.4. The Labute approximate surface area is 276 Å². The zero-order valence-electron chi connectivity index (χ0n) is 25.6. The minimum Gasteiger partial charge on any atom is -0.437 e. The summed E-state index contributed by atoms with van der Waals surface area (Å²) >= 11 is 6.08. The molecular weight excluding hydrogens is 633 g/mol. The van der Waals surface area contributed by atoms with E-state index in [0.29, 0.717) is 13.1 Å². The number of carbonyl (C=O) groups excluding carboxylic acids is 2. The maximum Gasteiger partial charge on any atom is 0.416 e. The van der Waals surface area contributed by atoms with Crippen LogP contribution in [0.3, 0.4) is 0 Å². The Balaban J connectivity index is 1.30. The number of hydrogen-bond donors (Lipinski definition) is 1. The van der Waals surface area contributed by atoms with Crippen LogP contribution in [0.1, 0.15) is 33.5 Å². The Morgan fingerprint density at radius 3 is 2.40 bits per heavy atom. The number of carbonyl (C=O) groups is 2. The van der Waals surface area contributed by atoms with E-state index in [2.05, 4.69) is 27.3 Å². The molecule has 1 fully saturated rings. The third-order valence-electron chi connectivity index (χ3n) is 7.85. The molecule has 1 aliphatic heterocycles. The van der Waals surface area contributed by atoms with Gasteiger partial charge in [-0.15, -0.1) is 0 Å². The second-order valence-electron chi connectivity index (χ2n) is 11.3. The van der Waals surface area contributed by atoms with E-state index in [-0.39, 0.29) is 47.4 Å². The quantitative estimate of drug-likeness (QED) is 0.184. The number of likely N-dealkylation sites (tertiary alicyclic amines) is 1. The van der Waals surface area contributed by atoms with Gasteiger partial charge >= 0.3 is 6.18 Å². The molecule has 0 aliphatic carbocycles. The number of nitrogens with zero attached hydrogens (tertiary/aromatic N) is 3. The summed E-state index contributed by atoms with van der Waals surface area (Å²) in [4.78, 5) is 35.5. The summed E-state index contributed by atoms with van der Waals surface area (Å²) in [6.07, 6.45) is -2.45. The molecule has 2 unspecified atom stereocenters. The van der Waals surface area contributed by atoms with E-state index in [1.807, 2.05) is 55.6 Å². The van der Waals surface area contributed by atoms with E-state index < -0.39 is 23.7 Å². The Morgan fingerprint density at radius 2 is 1.72 bits per heavy atom. The summed E-state index contributed by atoms with van der Waals surface area (Å²) in [5, 5.41) is 2.47. The smallest absolute Gasteiger partial charge is 0.416 e. The number of benzene rings is 3. The number of halogens is 4. The van der Waals surface area contributed by atoms with E-state index >= 15 is 0 Å². The van der Waals surface area contributed by atoms with Crippen molar-refractivity contribution in [2.45, 2.75) is 37.8 Å². The highest BCUT2D eigenvalue weighted by Crippen LogP contribution is 2.36. The highest BCUT2D eigenvalue weighted by atomic mass is 35.5. The molecule has 1 aromatic heterocycles. The topological polar surface area (TPSA) is 84.0 Å². The predicted molar refractivity (Wildman–Crippen MR) is 171 cm³/mol. The molecule has 4 aromatic rings. The summed E-state index contributed by atoms with van der Waals surface area (Å²) in [6, 6.07) is 24.2. The lowest BCUT2D eigenvalue weighted by Gasteiger charge is -2.27. The molecule has 0 saturated carbocycles. The van der Waals surface area contributed by atoms with Crippen molar-refractivity contribution in [1.29, 1.82) is 0 Å². The van der Waals surface area contributed by atoms with Crippen molar-refractivity contribution in [3.63, 3.8) is 0 Å². The predicted octanol–water partition coefficient (Wildman–Crippen LogP) is 6.59. The van der Waals surface area contributed by atoms with Gasteiger partial charge in [0.2, 0.25) is 11.8 Å². The minimum absolute atomic E-state index is 0.0359. The molecular formula is C35H34ClF3N4O4. The van der Waals surface area contributed by atoms with E-state index in [0.717, 1.165) is 36.7 Å². The van der Waals surface area contributed by atoms with Crippen molar-refractivity contribution in [2.75, 3.05) is 26.7 Å². The van der Waals surface area contributed by atoms with Gasteiger partial charge in [0.1, 0.15) is 17.4 Å². The maximum atomic E-state index is 13.9. The molecule has 0 bridgehead atoms. The van der Waals surface area contributed by atoms with Crippen molar-refractivity contribution in [3.8, 4) is 11.6 Å². The first-order valence-corrected chi connectivity index (χ1v) is 15.4. The zero-order chi connectivity index (χ0) is 33.4. The van der Waals surface area contributed by atoms with Crippen LogP contribution in [-0.4, -0.2) is 65.4 Å². The first-order valence-electron chi connectivity index (χ1n) is 15.0. The number of rotatable bonds is 12. The van der Waals surface area contributed by atoms with Gasteiger partial charge in [0, 0.05) is 31.9 Å². The summed E-state index contributed by atoms with van der Waals surface area (Å²) in [5.41, 5.74) is 1.10. The van der Waals surface area contributed by atoms with Crippen molar-refractivity contribution in [1.82, 2.24) is 20.1 Å². The molecule has 5 rings (SSSR count). The van der Waals surface area contributed by atoms with Gasteiger partial charge in [-0.05, 0) is 54.9 Å². The number of amides is 2. The van der Waals surface area contributed by atoms with Gasteiger partial charge in [-0.2, -0.15) is 13.2 Å². The van der Waals surface area contributed by atoms with E-state index in [4.69, 9.17) is 21.1 Å². The van der Waals surface area contributed by atoms with Gasteiger partial charge in [-0.3, -0.25) is 14.5 Å². The summed E-state index contributed by atoms with van der Waals surface area (Å²) in [6.45, 7) is 1.88. The molecule has 12 heteroatoms. The standard InChI is InChI=1S/C35H34ClF3N4O4/c1-42(20-24-9-4-2-5-10-24)27-16-18-43(21-27)34(45)30(23-46-22-25-11-6-3-7-12-25)41-32(44)28-13-8-17-40-33(28)47-31-15-14-26(19-29(31)36)35(37,38)39/h2-15,17,19,27,30H,16,18,20-23H2,1H3,(H,41,44). The average molecular weight is 667 g/mol. The number of pyridine rings is 1. The van der Waals surface area contributed by atoms with Crippen molar-refractivity contribution in [2.24, 2.45) is 0 Å². The number of alkyl halides is 3. The molecule has 1 N–H and O–H groups in total. The lowest BCUT2D eigenvalue weighted by Crippen LogP contribution is -2.51. The fraction of sp³-hybridized carbons (Fsp3) is 0.286. The first-order chi connectivity index (χ1) is 22.6. The van der Waals surface area contributed by atoms with Gasteiger partial charge in [-0.1, -0.05) is 72.3 Å². The van der Waals surface area contributed by atoms with E-state index in [1.54, 1.807) is 4.90 Å². The number of aromatic nitrogens is 1.